The van der Waals surface area contributed by atoms with E-state index in [1.165, 1.54) is 0 Å². The van der Waals surface area contributed by atoms with Crippen molar-refractivity contribution in [3.8, 4) is 22.6 Å². The van der Waals surface area contributed by atoms with Crippen LogP contribution in [-0.4, -0.2) is 19.3 Å². The van der Waals surface area contributed by atoms with Gasteiger partial charge in [-0.3, -0.25) is 4.68 Å². The zero-order valence-electron chi connectivity index (χ0n) is 11.5. The van der Waals surface area contributed by atoms with Gasteiger partial charge in [-0.15, -0.1) is 0 Å². The van der Waals surface area contributed by atoms with Gasteiger partial charge in [0.2, 0.25) is 0 Å². The van der Waals surface area contributed by atoms with E-state index in [1.54, 1.807) is 30.1 Å². The first kappa shape index (κ1) is 14.0. The van der Waals surface area contributed by atoms with Gasteiger partial charge in [0, 0.05) is 37.1 Å². The van der Waals surface area contributed by atoms with Crippen LogP contribution in [0.25, 0.3) is 22.6 Å². The summed E-state index contributed by atoms with van der Waals surface area (Å²) in [6.07, 6.45) is 3.57. The predicted octanol–water partition coefficient (Wildman–Crippen LogP) is 3.38. The summed E-state index contributed by atoms with van der Waals surface area (Å²) in [6.45, 7) is 0. The molecule has 0 saturated carbocycles. The van der Waals surface area contributed by atoms with E-state index in [0.717, 1.165) is 17.0 Å². The molecular weight excluding hydrogens is 309 g/mol. The number of imidazole rings is 1. The summed E-state index contributed by atoms with van der Waals surface area (Å²) in [5, 5.41) is 5.57. The van der Waals surface area contributed by atoms with Crippen LogP contribution >= 0.6 is 23.2 Å². The van der Waals surface area contributed by atoms with Gasteiger partial charge in [-0.05, 0) is 12.1 Å². The van der Waals surface area contributed by atoms with E-state index in [2.05, 4.69) is 10.1 Å². The van der Waals surface area contributed by atoms with Crippen molar-refractivity contribution in [2.45, 2.75) is 0 Å². The van der Waals surface area contributed by atoms with Crippen molar-refractivity contribution in [2.24, 2.45) is 14.1 Å². The third kappa shape index (κ3) is 2.28. The fraction of sp³-hybridized carbons (Fsp3) is 0.143. The summed E-state index contributed by atoms with van der Waals surface area (Å²) in [5.41, 5.74) is 8.40. The Morgan fingerprint density at radius 1 is 1.19 bits per heavy atom. The number of rotatable bonds is 2. The van der Waals surface area contributed by atoms with Crippen LogP contribution < -0.4 is 5.73 Å². The molecule has 21 heavy (non-hydrogen) atoms. The van der Waals surface area contributed by atoms with Crippen LogP contribution in [0.4, 0.5) is 5.82 Å². The van der Waals surface area contributed by atoms with Gasteiger partial charge in [-0.25, -0.2) is 4.98 Å². The Kier molecular flexibility index (Phi) is 3.39. The second-order valence-corrected chi connectivity index (χ2v) is 5.56. The molecule has 2 heterocycles. The minimum absolute atomic E-state index is 0.525. The molecule has 0 bridgehead atoms. The number of nitrogen functional groups attached to an aromatic ring is 1. The molecule has 3 aromatic rings. The highest BCUT2D eigenvalue weighted by molar-refractivity contribution is 6.36. The third-order valence-corrected chi connectivity index (χ3v) is 3.87. The topological polar surface area (TPSA) is 61.7 Å². The number of nitrogens with zero attached hydrogens (tertiary/aromatic N) is 4. The number of benzene rings is 1. The van der Waals surface area contributed by atoms with Crippen LogP contribution in [0.2, 0.25) is 10.0 Å². The largest absolute Gasteiger partial charge is 0.383 e. The summed E-state index contributed by atoms with van der Waals surface area (Å²) >= 11 is 12.3. The molecule has 0 fully saturated rings. The lowest BCUT2D eigenvalue weighted by Gasteiger charge is -2.07. The highest BCUT2D eigenvalue weighted by atomic mass is 35.5. The minimum atomic E-state index is 0.525. The molecule has 0 spiro atoms. The van der Waals surface area contributed by atoms with Gasteiger partial charge in [-0.2, -0.15) is 5.10 Å². The SMILES string of the molecule is Cn1ccnc1-c1nn(C)c(N)c1-c1ccc(Cl)cc1Cl. The third-order valence-electron chi connectivity index (χ3n) is 3.33. The van der Waals surface area contributed by atoms with Gasteiger partial charge < -0.3 is 10.3 Å². The molecular formula is C14H13Cl2N5. The maximum Gasteiger partial charge on any atom is 0.161 e. The number of nitrogens with two attached hydrogens (primary N) is 1. The molecule has 2 N–H and O–H groups in total. The number of halogens is 2. The molecule has 0 saturated heterocycles. The lowest BCUT2D eigenvalue weighted by atomic mass is 10.0. The predicted molar refractivity (Wildman–Crippen MR) is 85.3 cm³/mol. The van der Waals surface area contributed by atoms with E-state index in [-0.39, 0.29) is 0 Å². The Bertz CT molecular complexity index is 819. The summed E-state index contributed by atoms with van der Waals surface area (Å²) in [4.78, 5) is 4.34. The Morgan fingerprint density at radius 2 is 1.95 bits per heavy atom. The fourth-order valence-electron chi connectivity index (χ4n) is 2.25. The molecule has 108 valence electrons. The average Bonchev–Trinajstić information content (AvgIpc) is 2.96. The van der Waals surface area contributed by atoms with E-state index < -0.39 is 0 Å². The number of anilines is 1. The van der Waals surface area contributed by atoms with Gasteiger partial charge >= 0.3 is 0 Å². The minimum Gasteiger partial charge on any atom is -0.383 e. The summed E-state index contributed by atoms with van der Waals surface area (Å²) in [7, 11) is 3.69. The standard InChI is InChI=1S/C14H13Cl2N5/c1-20-6-5-18-14(20)12-11(13(17)21(2)19-12)9-4-3-8(15)7-10(9)16/h3-7H,17H2,1-2H3. The average molecular weight is 322 g/mol. The first-order valence-electron chi connectivity index (χ1n) is 6.24. The number of aromatic nitrogens is 4. The van der Waals surface area contributed by atoms with Crippen LogP contribution in [0.5, 0.6) is 0 Å². The van der Waals surface area contributed by atoms with E-state index in [4.69, 9.17) is 28.9 Å². The van der Waals surface area contributed by atoms with Crippen LogP contribution in [0, 0.1) is 0 Å². The first-order chi connectivity index (χ1) is 9.99. The normalized spacial score (nSPS) is 11.0. The van der Waals surface area contributed by atoms with Crippen molar-refractivity contribution in [3.63, 3.8) is 0 Å². The molecule has 0 radical (unpaired) electrons. The number of aryl methyl sites for hydroxylation is 2. The van der Waals surface area contributed by atoms with E-state index in [0.29, 0.717) is 21.6 Å². The van der Waals surface area contributed by atoms with Crippen LogP contribution in [-0.2, 0) is 14.1 Å². The van der Waals surface area contributed by atoms with E-state index >= 15 is 0 Å². The lowest BCUT2D eigenvalue weighted by Crippen LogP contribution is -1.98. The Balaban J connectivity index is 2.30. The van der Waals surface area contributed by atoms with Gasteiger partial charge in [0.05, 0.1) is 10.6 Å². The molecule has 2 aromatic heterocycles. The summed E-state index contributed by atoms with van der Waals surface area (Å²) in [6, 6.07) is 5.30. The lowest BCUT2D eigenvalue weighted by molar-refractivity contribution is 0.776. The quantitative estimate of drug-likeness (QED) is 0.787. The second kappa shape index (κ2) is 5.09. The van der Waals surface area contributed by atoms with Crippen LogP contribution in [0.1, 0.15) is 0 Å². The van der Waals surface area contributed by atoms with Crippen molar-refractivity contribution in [1.29, 1.82) is 0 Å². The smallest absolute Gasteiger partial charge is 0.161 e. The van der Waals surface area contributed by atoms with Crippen LogP contribution in [0.15, 0.2) is 30.6 Å². The van der Waals surface area contributed by atoms with Gasteiger partial charge in [-0.1, -0.05) is 29.3 Å². The summed E-state index contributed by atoms with van der Waals surface area (Å²) in [5.74, 6) is 1.25. The second-order valence-electron chi connectivity index (χ2n) is 4.72. The van der Waals surface area contributed by atoms with Crippen LogP contribution in [0.3, 0.4) is 0 Å². The van der Waals surface area contributed by atoms with Crippen molar-refractivity contribution in [2.75, 3.05) is 5.73 Å². The molecule has 0 aliphatic carbocycles. The van der Waals surface area contributed by atoms with Crippen molar-refractivity contribution in [3.05, 3.63) is 40.6 Å². The maximum absolute atomic E-state index is 6.31. The van der Waals surface area contributed by atoms with Crippen molar-refractivity contribution in [1.82, 2.24) is 19.3 Å². The van der Waals surface area contributed by atoms with Gasteiger partial charge in [0.25, 0.3) is 0 Å². The van der Waals surface area contributed by atoms with Crippen molar-refractivity contribution < 1.29 is 0 Å². The van der Waals surface area contributed by atoms with Gasteiger partial charge in [0.1, 0.15) is 11.5 Å². The number of hydrogen-bond acceptors (Lipinski definition) is 3. The molecule has 1 aromatic carbocycles. The monoisotopic (exact) mass is 321 g/mol. The van der Waals surface area contributed by atoms with Crippen molar-refractivity contribution >= 4 is 29.0 Å². The summed E-state index contributed by atoms with van der Waals surface area (Å²) < 4.78 is 3.50. The molecule has 0 atom stereocenters. The first-order valence-corrected chi connectivity index (χ1v) is 7.00. The maximum atomic E-state index is 6.31. The zero-order chi connectivity index (χ0) is 15.1. The zero-order valence-corrected chi connectivity index (χ0v) is 13.0. The van der Waals surface area contributed by atoms with E-state index in [1.807, 2.05) is 23.9 Å². The molecule has 7 heteroatoms. The fourth-order valence-corrected chi connectivity index (χ4v) is 2.75. The molecule has 5 nitrogen and oxygen atoms in total. The molecule has 0 aliphatic rings. The highest BCUT2D eigenvalue weighted by Crippen LogP contribution is 2.39. The highest BCUT2D eigenvalue weighted by Gasteiger charge is 2.21. The Hall–Kier alpha value is -1.98. The van der Waals surface area contributed by atoms with E-state index in [9.17, 15) is 0 Å². The van der Waals surface area contributed by atoms with Gasteiger partial charge in [0.15, 0.2) is 5.82 Å². The number of hydrogen-bond donors (Lipinski definition) is 1. The molecule has 3 rings (SSSR count). The Morgan fingerprint density at radius 3 is 2.57 bits per heavy atom. The molecule has 0 unspecified atom stereocenters. The molecule has 0 amide bonds. The Labute approximate surface area is 131 Å². The molecule has 0 aliphatic heterocycles.